The molecule has 1 atom stereocenters. The molecule has 1 amide bonds. The molecule has 7 nitrogen and oxygen atoms in total. The van der Waals surface area contributed by atoms with E-state index >= 15 is 0 Å². The Morgan fingerprint density at radius 3 is 1.78 bits per heavy atom. The third-order valence-corrected chi connectivity index (χ3v) is 11.9. The number of hydrogen-bond acceptors (Lipinski definition) is 6. The van der Waals surface area contributed by atoms with Gasteiger partial charge in [0.2, 0.25) is 7.37 Å². The molecule has 59 heavy (non-hydrogen) atoms. The number of rotatable bonds is 20. The molecular weight excluding hydrogens is 795 g/mol. The molecule has 0 aliphatic carbocycles. The maximum atomic E-state index is 14.7. The highest BCUT2D eigenvalue weighted by Crippen LogP contribution is 2.54. The average molecular weight is 842 g/mol. The second kappa shape index (κ2) is 20.6. The first-order valence-electron chi connectivity index (χ1n) is 19.1. The van der Waals surface area contributed by atoms with Gasteiger partial charge < -0.3 is 24.1 Å². The number of alkyl halides is 6. The Labute approximate surface area is 340 Å². The molecular formula is C45H46F6NO6P. The zero-order valence-electron chi connectivity index (χ0n) is 32.4. The van der Waals surface area contributed by atoms with Crippen LogP contribution >= 0.6 is 7.37 Å². The highest BCUT2D eigenvalue weighted by atomic mass is 31.2. The van der Waals surface area contributed by atoms with Crippen LogP contribution in [0.2, 0.25) is 0 Å². The molecule has 314 valence electrons. The van der Waals surface area contributed by atoms with Gasteiger partial charge in [-0.2, -0.15) is 13.2 Å². The van der Waals surface area contributed by atoms with Gasteiger partial charge in [-0.05, 0) is 84.2 Å². The van der Waals surface area contributed by atoms with Gasteiger partial charge in [-0.25, -0.2) is 4.79 Å². The molecule has 5 aromatic rings. The summed E-state index contributed by atoms with van der Waals surface area (Å²) in [5.74, 6) is -0.744. The number of hydrogen-bond donors (Lipinski definition) is 1. The fourth-order valence-electron chi connectivity index (χ4n) is 6.41. The Bertz CT molecular complexity index is 2060. The van der Waals surface area contributed by atoms with Crippen molar-refractivity contribution in [3.63, 3.8) is 0 Å². The summed E-state index contributed by atoms with van der Waals surface area (Å²) in [6.45, 7) is 1.50. The molecule has 0 radical (unpaired) electrons. The molecule has 0 aliphatic heterocycles. The summed E-state index contributed by atoms with van der Waals surface area (Å²) in [4.78, 5) is 13.3. The van der Waals surface area contributed by atoms with Gasteiger partial charge in [0.25, 0.3) is 0 Å². The average Bonchev–Trinajstić information content (AvgIpc) is 3.21. The minimum Gasteiger partial charge on any atom is -0.493 e. The van der Waals surface area contributed by atoms with E-state index in [1.165, 1.54) is 36.4 Å². The third kappa shape index (κ3) is 14.8. The number of ether oxygens (including phenoxy) is 3. The monoisotopic (exact) mass is 841 g/mol. The van der Waals surface area contributed by atoms with Gasteiger partial charge in [-0.15, -0.1) is 13.2 Å². The Morgan fingerprint density at radius 2 is 1.24 bits per heavy atom. The molecule has 0 spiro atoms. The van der Waals surface area contributed by atoms with Crippen LogP contribution in [-0.2, 0) is 51.8 Å². The van der Waals surface area contributed by atoms with Crippen LogP contribution in [0.1, 0.15) is 59.6 Å². The molecule has 14 heteroatoms. The Morgan fingerprint density at radius 1 is 0.678 bits per heavy atom. The number of amides is 1. The first-order valence-corrected chi connectivity index (χ1v) is 21.1. The van der Waals surface area contributed by atoms with E-state index in [1.807, 2.05) is 85.8 Å². The second-order valence-electron chi connectivity index (χ2n) is 14.2. The maximum absolute atomic E-state index is 14.7. The van der Waals surface area contributed by atoms with Gasteiger partial charge in [-0.1, -0.05) is 116 Å². The molecule has 0 fully saturated rings. The van der Waals surface area contributed by atoms with Gasteiger partial charge in [-0.3, -0.25) is 4.57 Å². The van der Waals surface area contributed by atoms with Gasteiger partial charge in [0.05, 0.1) is 36.6 Å². The fourth-order valence-corrected chi connectivity index (χ4v) is 8.72. The van der Waals surface area contributed by atoms with E-state index in [0.717, 1.165) is 22.8 Å². The lowest BCUT2D eigenvalue weighted by Gasteiger charge is -2.35. The van der Waals surface area contributed by atoms with Gasteiger partial charge in [0.1, 0.15) is 18.1 Å². The smallest absolute Gasteiger partial charge is 0.493 e. The van der Waals surface area contributed by atoms with Crippen LogP contribution in [-0.4, -0.2) is 31.2 Å². The molecule has 0 aromatic heterocycles. The molecule has 0 saturated carbocycles. The number of aryl methyl sites for hydroxylation is 2. The van der Waals surface area contributed by atoms with Crippen molar-refractivity contribution in [1.29, 1.82) is 0 Å². The lowest BCUT2D eigenvalue weighted by Crippen LogP contribution is -2.52. The standard InChI is InChI=1S/C45H46F6NO6P/c1-2-43(52-42(53)56-30-36-13-6-3-7-14-36,33-57-59(54,31-37-15-8-4-9-16-37)32-38-17-10-5-11-18-38)27-26-35-22-25-41(40(29-35)44(46,47)48)55-28-12-19-34-20-23-39(24-21-34)58-45(49,50)51/h3-11,13-18,20-25,29H,2,12,19,26-28,30-33H2,1H3,(H,52,53). The topological polar surface area (TPSA) is 83.1 Å². The van der Waals surface area contributed by atoms with Crippen molar-refractivity contribution < 1.29 is 54.4 Å². The third-order valence-electron chi connectivity index (χ3n) is 9.63. The van der Waals surface area contributed by atoms with E-state index in [9.17, 15) is 35.7 Å². The highest BCUT2D eigenvalue weighted by Gasteiger charge is 2.37. The first-order chi connectivity index (χ1) is 28.1. The summed E-state index contributed by atoms with van der Waals surface area (Å²) >= 11 is 0. The van der Waals surface area contributed by atoms with Crippen LogP contribution in [0.15, 0.2) is 133 Å². The molecule has 1 N–H and O–H groups in total. The van der Waals surface area contributed by atoms with Crippen LogP contribution < -0.4 is 14.8 Å². The summed E-state index contributed by atoms with van der Waals surface area (Å²) in [7, 11) is -3.46. The van der Waals surface area contributed by atoms with Gasteiger partial charge >= 0.3 is 18.6 Å². The lowest BCUT2D eigenvalue weighted by molar-refractivity contribution is -0.274. The Kier molecular flexibility index (Phi) is 15.7. The Hall–Kier alpha value is -5.26. The number of nitrogens with one attached hydrogen (secondary N) is 1. The van der Waals surface area contributed by atoms with E-state index in [0.29, 0.717) is 24.0 Å². The molecule has 5 rings (SSSR count). The number of carbonyl (C=O) groups excluding carboxylic acids is 1. The first kappa shape index (κ1) is 44.8. The van der Waals surface area contributed by atoms with Crippen molar-refractivity contribution in [2.45, 2.75) is 76.0 Å². The molecule has 1 unspecified atom stereocenters. The zero-order chi connectivity index (χ0) is 42.4. The van der Waals surface area contributed by atoms with Crippen molar-refractivity contribution in [3.8, 4) is 11.5 Å². The van der Waals surface area contributed by atoms with Crippen LogP contribution in [0.25, 0.3) is 0 Å². The minimum absolute atomic E-state index is 0.0204. The van der Waals surface area contributed by atoms with Crippen LogP contribution in [0, 0.1) is 0 Å². The van der Waals surface area contributed by atoms with Crippen molar-refractivity contribution in [3.05, 3.63) is 167 Å². The fraction of sp³-hybridized carbons (Fsp3) is 0.311. The highest BCUT2D eigenvalue weighted by molar-refractivity contribution is 7.57. The predicted octanol–water partition coefficient (Wildman–Crippen LogP) is 12.3. The van der Waals surface area contributed by atoms with Gasteiger partial charge in [0, 0.05) is 0 Å². The van der Waals surface area contributed by atoms with Crippen LogP contribution in [0.3, 0.4) is 0 Å². The van der Waals surface area contributed by atoms with Crippen molar-refractivity contribution in [2.75, 3.05) is 13.2 Å². The molecule has 0 heterocycles. The predicted molar refractivity (Wildman–Crippen MR) is 213 cm³/mol. The summed E-state index contributed by atoms with van der Waals surface area (Å²) < 4.78 is 117. The van der Waals surface area contributed by atoms with E-state index in [2.05, 4.69) is 10.1 Å². The minimum atomic E-state index is -4.82. The number of halogens is 6. The summed E-state index contributed by atoms with van der Waals surface area (Å²) in [6, 6.07) is 36.6. The molecule has 0 saturated heterocycles. The van der Waals surface area contributed by atoms with Crippen molar-refractivity contribution in [2.24, 2.45) is 0 Å². The molecule has 5 aromatic carbocycles. The quantitative estimate of drug-likeness (QED) is 0.0477. The van der Waals surface area contributed by atoms with Crippen LogP contribution in [0.4, 0.5) is 31.1 Å². The molecule has 0 bridgehead atoms. The Balaban J connectivity index is 1.31. The summed E-state index contributed by atoms with van der Waals surface area (Å²) in [5.41, 5.74) is 1.17. The van der Waals surface area contributed by atoms with Crippen molar-refractivity contribution >= 4 is 13.5 Å². The van der Waals surface area contributed by atoms with E-state index < -0.39 is 37.1 Å². The summed E-state index contributed by atoms with van der Waals surface area (Å²) in [5, 5.41) is 2.93. The maximum Gasteiger partial charge on any atom is 0.573 e. The van der Waals surface area contributed by atoms with E-state index in [4.69, 9.17) is 14.0 Å². The zero-order valence-corrected chi connectivity index (χ0v) is 33.3. The van der Waals surface area contributed by atoms with E-state index in [-0.39, 0.29) is 62.9 Å². The number of benzene rings is 5. The van der Waals surface area contributed by atoms with Gasteiger partial charge in [0.15, 0.2) is 0 Å². The SMILES string of the molecule is CCC(CCc1ccc(OCCCc2ccc(OC(F)(F)F)cc2)c(C(F)(F)F)c1)(COP(=O)(Cc1ccccc1)Cc1ccccc1)NC(=O)OCc1ccccc1. The summed E-state index contributed by atoms with van der Waals surface area (Å²) in [6.07, 6.45) is -8.98. The second-order valence-corrected chi connectivity index (χ2v) is 16.7. The number of alkyl carbamates (subject to hydrolysis) is 1. The van der Waals surface area contributed by atoms with E-state index in [1.54, 1.807) is 12.1 Å². The van der Waals surface area contributed by atoms with Crippen LogP contribution in [0.5, 0.6) is 11.5 Å². The lowest BCUT2D eigenvalue weighted by atomic mass is 9.89. The largest absolute Gasteiger partial charge is 0.573 e. The normalized spacial score (nSPS) is 13.0. The number of carbonyl (C=O) groups is 1. The molecule has 0 aliphatic rings. The van der Waals surface area contributed by atoms with Crippen molar-refractivity contribution in [1.82, 2.24) is 5.32 Å².